The minimum absolute atomic E-state index is 0.262. The first-order chi connectivity index (χ1) is 10.1. The molecule has 2 aromatic carbocycles. The second-order valence-electron chi connectivity index (χ2n) is 4.81. The first kappa shape index (κ1) is 15.0. The first-order valence-electron chi connectivity index (χ1n) is 6.94. The number of benzene rings is 2. The number of hydrogen-bond donors (Lipinski definition) is 1. The number of rotatable bonds is 4. The molecule has 21 heavy (non-hydrogen) atoms. The van der Waals surface area contributed by atoms with Crippen LogP contribution in [-0.2, 0) is 11.2 Å². The fourth-order valence-corrected chi connectivity index (χ4v) is 2.14. The summed E-state index contributed by atoms with van der Waals surface area (Å²) in [5, 5.41) is 2.87. The Balaban J connectivity index is 2.14. The van der Waals surface area contributed by atoms with Crippen molar-refractivity contribution in [3.8, 4) is 0 Å². The van der Waals surface area contributed by atoms with Crippen molar-refractivity contribution >= 4 is 17.7 Å². The normalized spacial score (nSPS) is 10.8. The molecule has 0 bridgehead atoms. The third-order valence-electron chi connectivity index (χ3n) is 3.31. The van der Waals surface area contributed by atoms with E-state index in [1.54, 1.807) is 18.2 Å². The quantitative estimate of drug-likeness (QED) is 0.830. The lowest BCUT2D eigenvalue weighted by Gasteiger charge is -2.11. The maximum atomic E-state index is 13.5. The maximum absolute atomic E-state index is 13.5. The summed E-state index contributed by atoms with van der Waals surface area (Å²) in [6, 6.07) is 12.3. The average Bonchev–Trinajstić information content (AvgIpc) is 2.48. The Morgan fingerprint density at radius 2 is 1.95 bits per heavy atom. The zero-order chi connectivity index (χ0) is 15.2. The van der Waals surface area contributed by atoms with Crippen LogP contribution in [0.1, 0.15) is 23.6 Å². The molecule has 0 aliphatic rings. The van der Waals surface area contributed by atoms with Gasteiger partial charge in [-0.1, -0.05) is 43.3 Å². The van der Waals surface area contributed by atoms with E-state index in [0.717, 1.165) is 23.2 Å². The van der Waals surface area contributed by atoms with Crippen molar-refractivity contribution < 1.29 is 9.18 Å². The van der Waals surface area contributed by atoms with Gasteiger partial charge in [0.1, 0.15) is 5.82 Å². The van der Waals surface area contributed by atoms with Crippen LogP contribution in [0.4, 0.5) is 10.1 Å². The van der Waals surface area contributed by atoms with E-state index in [2.05, 4.69) is 5.32 Å². The molecule has 0 aromatic heterocycles. The van der Waals surface area contributed by atoms with Gasteiger partial charge in [-0.05, 0) is 36.6 Å². The molecule has 0 aliphatic heterocycles. The number of anilines is 1. The summed E-state index contributed by atoms with van der Waals surface area (Å²) in [4.78, 5) is 12.0. The fourth-order valence-electron chi connectivity index (χ4n) is 2.14. The molecule has 0 unspecified atom stereocenters. The van der Waals surface area contributed by atoms with Gasteiger partial charge in [-0.3, -0.25) is 4.79 Å². The summed E-state index contributed by atoms with van der Waals surface area (Å²) >= 11 is 0. The zero-order valence-corrected chi connectivity index (χ0v) is 12.2. The fraction of sp³-hybridized carbons (Fsp3) is 0.167. The number of hydrogen-bond acceptors (Lipinski definition) is 1. The molecule has 0 fully saturated rings. The molecule has 0 spiro atoms. The predicted molar refractivity (Wildman–Crippen MR) is 84.6 cm³/mol. The lowest BCUT2D eigenvalue weighted by Crippen LogP contribution is -2.11. The monoisotopic (exact) mass is 283 g/mol. The van der Waals surface area contributed by atoms with Gasteiger partial charge in [-0.2, -0.15) is 0 Å². The van der Waals surface area contributed by atoms with Gasteiger partial charge < -0.3 is 5.32 Å². The summed E-state index contributed by atoms with van der Waals surface area (Å²) in [6.45, 7) is 4.00. The third-order valence-corrected chi connectivity index (χ3v) is 3.31. The number of nitrogens with one attached hydrogen (secondary N) is 1. The summed E-state index contributed by atoms with van der Waals surface area (Å²) in [5.41, 5.74) is 3.33. The Morgan fingerprint density at radius 3 is 2.67 bits per heavy atom. The van der Waals surface area contributed by atoms with Gasteiger partial charge in [0, 0.05) is 17.3 Å². The minimum Gasteiger partial charge on any atom is -0.322 e. The van der Waals surface area contributed by atoms with E-state index < -0.39 is 0 Å². The van der Waals surface area contributed by atoms with E-state index in [1.165, 1.54) is 18.2 Å². The molecule has 2 aromatic rings. The highest BCUT2D eigenvalue weighted by Crippen LogP contribution is 2.21. The standard InChI is InChI=1S/C18H18FNO/c1-3-14-9-6-7-13(2)18(14)20-17(21)12-11-15-8-4-5-10-16(15)19/h4-12H,3H2,1-2H3,(H,20,21)/b12-11+. The van der Waals surface area contributed by atoms with Crippen LogP contribution in [0.25, 0.3) is 6.08 Å². The predicted octanol–water partition coefficient (Wildman–Crippen LogP) is 4.35. The van der Waals surface area contributed by atoms with Crippen molar-refractivity contribution in [3.05, 3.63) is 71.0 Å². The summed E-state index contributed by atoms with van der Waals surface area (Å²) < 4.78 is 13.5. The number of aryl methyl sites for hydroxylation is 2. The summed E-state index contributed by atoms with van der Waals surface area (Å²) in [6.07, 6.45) is 3.67. The molecule has 1 amide bonds. The van der Waals surface area contributed by atoms with Gasteiger partial charge in [0.2, 0.25) is 5.91 Å². The second-order valence-corrected chi connectivity index (χ2v) is 4.81. The summed E-state index contributed by atoms with van der Waals surface area (Å²) in [5.74, 6) is -0.603. The molecule has 0 saturated heterocycles. The molecule has 3 heteroatoms. The third kappa shape index (κ3) is 3.78. The minimum atomic E-state index is -0.341. The molecular formula is C18H18FNO. The number of halogens is 1. The molecular weight excluding hydrogens is 265 g/mol. The molecule has 2 rings (SSSR count). The van der Waals surface area contributed by atoms with E-state index in [4.69, 9.17) is 0 Å². The van der Waals surface area contributed by atoms with Crippen LogP contribution >= 0.6 is 0 Å². The van der Waals surface area contributed by atoms with E-state index >= 15 is 0 Å². The highest BCUT2D eigenvalue weighted by molar-refractivity contribution is 6.02. The Kier molecular flexibility index (Phi) is 4.88. The van der Waals surface area contributed by atoms with Crippen molar-refractivity contribution in [2.24, 2.45) is 0 Å². The van der Waals surface area contributed by atoms with Crippen molar-refractivity contribution in [1.82, 2.24) is 0 Å². The number of carbonyl (C=O) groups is 1. The number of amides is 1. The van der Waals surface area contributed by atoms with E-state index in [0.29, 0.717) is 5.56 Å². The smallest absolute Gasteiger partial charge is 0.248 e. The second kappa shape index (κ2) is 6.84. The Morgan fingerprint density at radius 1 is 1.19 bits per heavy atom. The van der Waals surface area contributed by atoms with Gasteiger partial charge in [0.15, 0.2) is 0 Å². The maximum Gasteiger partial charge on any atom is 0.248 e. The lowest BCUT2D eigenvalue weighted by atomic mass is 10.1. The summed E-state index contributed by atoms with van der Waals surface area (Å²) in [7, 11) is 0. The van der Waals surface area contributed by atoms with Gasteiger partial charge in [-0.15, -0.1) is 0 Å². The average molecular weight is 283 g/mol. The molecule has 0 saturated carbocycles. The van der Waals surface area contributed by atoms with Crippen LogP contribution in [0, 0.1) is 12.7 Å². The SMILES string of the molecule is CCc1cccc(C)c1NC(=O)/C=C/c1ccccc1F. The van der Waals surface area contributed by atoms with Crippen LogP contribution in [0.3, 0.4) is 0 Å². The molecule has 108 valence electrons. The lowest BCUT2D eigenvalue weighted by molar-refractivity contribution is -0.111. The zero-order valence-electron chi connectivity index (χ0n) is 12.2. The van der Waals surface area contributed by atoms with Crippen molar-refractivity contribution in [2.45, 2.75) is 20.3 Å². The number of para-hydroxylation sites is 1. The van der Waals surface area contributed by atoms with Gasteiger partial charge in [-0.25, -0.2) is 4.39 Å². The first-order valence-corrected chi connectivity index (χ1v) is 6.94. The van der Waals surface area contributed by atoms with E-state index in [9.17, 15) is 9.18 Å². The highest BCUT2D eigenvalue weighted by Gasteiger charge is 2.06. The van der Waals surface area contributed by atoms with Crippen molar-refractivity contribution in [1.29, 1.82) is 0 Å². The molecule has 0 heterocycles. The molecule has 2 nitrogen and oxygen atoms in total. The van der Waals surface area contributed by atoms with E-state index in [1.807, 2.05) is 32.0 Å². The molecule has 0 atom stereocenters. The highest BCUT2D eigenvalue weighted by atomic mass is 19.1. The van der Waals surface area contributed by atoms with Crippen molar-refractivity contribution in [2.75, 3.05) is 5.32 Å². The van der Waals surface area contributed by atoms with Gasteiger partial charge in [0.05, 0.1) is 0 Å². The molecule has 0 aliphatic carbocycles. The van der Waals surface area contributed by atoms with Crippen LogP contribution in [0.2, 0.25) is 0 Å². The molecule has 1 N–H and O–H groups in total. The van der Waals surface area contributed by atoms with Crippen LogP contribution in [-0.4, -0.2) is 5.91 Å². The van der Waals surface area contributed by atoms with Crippen LogP contribution in [0.15, 0.2) is 48.5 Å². The molecule has 0 radical (unpaired) electrons. The van der Waals surface area contributed by atoms with Crippen LogP contribution < -0.4 is 5.32 Å². The Hall–Kier alpha value is -2.42. The topological polar surface area (TPSA) is 29.1 Å². The van der Waals surface area contributed by atoms with Gasteiger partial charge in [0.25, 0.3) is 0 Å². The Labute approximate surface area is 124 Å². The van der Waals surface area contributed by atoms with Crippen molar-refractivity contribution in [3.63, 3.8) is 0 Å². The van der Waals surface area contributed by atoms with Gasteiger partial charge >= 0.3 is 0 Å². The Bertz CT molecular complexity index is 677. The van der Waals surface area contributed by atoms with E-state index in [-0.39, 0.29) is 11.7 Å². The largest absolute Gasteiger partial charge is 0.322 e. The van der Waals surface area contributed by atoms with Crippen LogP contribution in [0.5, 0.6) is 0 Å². The number of carbonyl (C=O) groups excluding carboxylic acids is 1.